The summed E-state index contributed by atoms with van der Waals surface area (Å²) in [6.45, 7) is 8.77. The first-order chi connectivity index (χ1) is 47.7. The molecule has 0 saturated carbocycles. The van der Waals surface area contributed by atoms with Crippen molar-refractivity contribution in [3.05, 3.63) is 138 Å². The third-order valence-corrected chi connectivity index (χ3v) is 17.6. The SMILES string of the molecule is CCN1C(=O)[C@@H](N)COc2ccccc21.CN1C(=O)[C@@H](N)CCc2ncncc21.CN1C(=O)[C@@H](N)COc2ccc(F)cc21.N[C@H]1CCOc2ccccc2NC1=O.N[C@H]1CCc2ccc(OCC3CCCO3)cc2NC1=O.N[C@H]1CCc2ccc(OCCN3CCCC3)cc2NC1=O. The van der Waals surface area contributed by atoms with Crippen LogP contribution in [0.1, 0.15) is 75.1 Å². The fourth-order valence-electron chi connectivity index (χ4n) is 11.7. The summed E-state index contributed by atoms with van der Waals surface area (Å²) in [6.07, 6.45) is 13.0. The number of para-hydroxylation sites is 4. The van der Waals surface area contributed by atoms with Crippen LogP contribution in [0.15, 0.2) is 116 Å². The molecule has 9 heterocycles. The number of anilines is 6. The van der Waals surface area contributed by atoms with Crippen molar-refractivity contribution in [1.29, 1.82) is 0 Å². The molecular weight excluding hydrogens is 1270 g/mol. The van der Waals surface area contributed by atoms with E-state index < -0.39 is 42.1 Å². The summed E-state index contributed by atoms with van der Waals surface area (Å²) in [4.78, 5) is 85.1. The summed E-state index contributed by atoms with van der Waals surface area (Å²) in [7, 11) is 3.25. The highest BCUT2D eigenvalue weighted by Gasteiger charge is 2.31. The molecule has 2 saturated heterocycles. The van der Waals surface area contributed by atoms with Gasteiger partial charge in [0.15, 0.2) is 0 Å². The van der Waals surface area contributed by atoms with E-state index in [0.29, 0.717) is 74.9 Å². The van der Waals surface area contributed by atoms with Crippen LogP contribution >= 0.6 is 0 Å². The summed E-state index contributed by atoms with van der Waals surface area (Å²) < 4.78 is 46.3. The van der Waals surface area contributed by atoms with Crippen LogP contribution in [0.25, 0.3) is 0 Å². The lowest BCUT2D eigenvalue weighted by Crippen LogP contribution is -2.45. The highest BCUT2D eigenvalue weighted by molar-refractivity contribution is 6.01. The first kappa shape index (κ1) is 73.8. The molecule has 6 aromatic rings. The number of likely N-dealkylation sites (N-methyl/N-ethyl adjacent to an activating group) is 3. The number of carbonyl (C=O) groups excluding carboxylic acids is 6. The Morgan fingerprint density at radius 2 is 1.11 bits per heavy atom. The van der Waals surface area contributed by atoms with Crippen molar-refractivity contribution < 1.29 is 61.6 Å². The zero-order valence-electron chi connectivity index (χ0n) is 56.3. The monoisotopic (exact) mass is 1370 g/mol. The molecule has 5 aromatic carbocycles. The maximum absolute atomic E-state index is 13.0. The van der Waals surface area contributed by atoms with E-state index in [4.69, 9.17) is 62.8 Å². The second-order valence-corrected chi connectivity index (χ2v) is 24.8. The average molecular weight is 1370 g/mol. The van der Waals surface area contributed by atoms with Gasteiger partial charge in [-0.3, -0.25) is 33.7 Å². The fourth-order valence-corrected chi connectivity index (χ4v) is 11.7. The fraction of sp³-hybridized carbons (Fsp3) is 0.437. The molecule has 1 unspecified atom stereocenters. The van der Waals surface area contributed by atoms with Crippen molar-refractivity contribution >= 4 is 69.6 Å². The van der Waals surface area contributed by atoms with Gasteiger partial charge in [0.25, 0.3) is 0 Å². The number of amides is 6. The Bertz CT molecular complexity index is 3750. The predicted molar refractivity (Wildman–Crippen MR) is 374 cm³/mol. The topological polar surface area (TPSA) is 389 Å². The highest BCUT2D eigenvalue weighted by atomic mass is 19.1. The molecule has 0 radical (unpaired) electrons. The van der Waals surface area contributed by atoms with E-state index in [0.717, 1.165) is 102 Å². The Kier molecular flexibility index (Phi) is 26.8. The molecule has 15 N–H and O–H groups in total. The Labute approximate surface area is 575 Å². The second-order valence-electron chi connectivity index (χ2n) is 24.8. The Morgan fingerprint density at radius 1 is 0.545 bits per heavy atom. The smallest absolute Gasteiger partial charge is 0.247 e. The zero-order valence-corrected chi connectivity index (χ0v) is 56.3. The van der Waals surface area contributed by atoms with E-state index in [1.807, 2.05) is 85.8 Å². The lowest BCUT2D eigenvalue weighted by molar-refractivity contribution is -0.120. The molecule has 14 rings (SSSR count). The first-order valence-electron chi connectivity index (χ1n) is 33.6. The molecule has 0 spiro atoms. The number of rotatable bonds is 8. The van der Waals surface area contributed by atoms with Crippen molar-refractivity contribution in [2.24, 2.45) is 34.4 Å². The van der Waals surface area contributed by atoms with Crippen molar-refractivity contribution in [3.63, 3.8) is 0 Å². The molecule has 1 aromatic heterocycles. The lowest BCUT2D eigenvalue weighted by atomic mass is 10.1. The molecule has 99 heavy (non-hydrogen) atoms. The van der Waals surface area contributed by atoms with Crippen LogP contribution in [0.5, 0.6) is 28.7 Å². The maximum atomic E-state index is 13.0. The van der Waals surface area contributed by atoms with E-state index >= 15 is 0 Å². The van der Waals surface area contributed by atoms with Crippen LogP contribution < -0.4 is 88.7 Å². The maximum Gasteiger partial charge on any atom is 0.247 e. The predicted octanol–water partition coefficient (Wildman–Crippen LogP) is 4.54. The Hall–Kier alpha value is -9.39. The minimum atomic E-state index is -0.703. The van der Waals surface area contributed by atoms with Gasteiger partial charge in [-0.15, -0.1) is 0 Å². The summed E-state index contributed by atoms with van der Waals surface area (Å²) in [5.41, 5.74) is 41.6. The minimum absolute atomic E-state index is 0.0708. The molecular formula is C71H92FN15O12. The van der Waals surface area contributed by atoms with Crippen LogP contribution in [0, 0.1) is 5.82 Å². The molecule has 27 nitrogen and oxygen atoms in total. The number of aromatic nitrogens is 2. The average Bonchev–Trinajstić information content (AvgIpc) is 1.80. The molecule has 0 bridgehead atoms. The van der Waals surface area contributed by atoms with Crippen LogP contribution in [0.3, 0.4) is 0 Å². The minimum Gasteiger partial charge on any atom is -0.492 e. The van der Waals surface area contributed by atoms with E-state index in [1.54, 1.807) is 31.3 Å². The molecule has 6 amide bonds. The number of halogens is 1. The third kappa shape index (κ3) is 20.4. The number of benzene rings is 5. The number of aryl methyl sites for hydroxylation is 3. The van der Waals surface area contributed by atoms with Crippen molar-refractivity contribution in [2.45, 2.75) is 120 Å². The number of nitrogens with one attached hydrogen (secondary N) is 3. The van der Waals surface area contributed by atoms with Crippen LogP contribution in [0.4, 0.5) is 38.5 Å². The van der Waals surface area contributed by atoms with Gasteiger partial charge < -0.3 is 93.5 Å². The van der Waals surface area contributed by atoms with Gasteiger partial charge in [0.2, 0.25) is 35.4 Å². The highest BCUT2D eigenvalue weighted by Crippen LogP contribution is 2.34. The van der Waals surface area contributed by atoms with Gasteiger partial charge in [0.1, 0.15) is 79.4 Å². The molecule has 7 atom stereocenters. The number of hydrogen-bond donors (Lipinski definition) is 9. The van der Waals surface area contributed by atoms with Gasteiger partial charge in [-0.05, 0) is 144 Å². The Morgan fingerprint density at radius 3 is 1.76 bits per heavy atom. The number of nitrogens with zero attached hydrogens (tertiary/aromatic N) is 6. The van der Waals surface area contributed by atoms with Gasteiger partial charge in [0, 0.05) is 69.8 Å². The lowest BCUT2D eigenvalue weighted by Gasteiger charge is -2.20. The van der Waals surface area contributed by atoms with Crippen LogP contribution in [-0.4, -0.2) is 173 Å². The van der Waals surface area contributed by atoms with Crippen LogP contribution in [-0.2, 0) is 52.8 Å². The van der Waals surface area contributed by atoms with Gasteiger partial charge in [-0.2, -0.15) is 0 Å². The van der Waals surface area contributed by atoms with Crippen molar-refractivity contribution in [3.8, 4) is 28.7 Å². The molecule has 28 heteroatoms. The third-order valence-electron chi connectivity index (χ3n) is 17.6. The molecule has 2 fully saturated rings. The van der Waals surface area contributed by atoms with Crippen LogP contribution in [0.2, 0.25) is 0 Å². The second kappa shape index (κ2) is 35.9. The van der Waals surface area contributed by atoms with Crippen molar-refractivity contribution in [1.82, 2.24) is 14.9 Å². The normalized spacial score (nSPS) is 22.3. The number of ether oxygens (including phenoxy) is 6. The van der Waals surface area contributed by atoms with E-state index in [2.05, 4.69) is 30.8 Å². The van der Waals surface area contributed by atoms with Gasteiger partial charge >= 0.3 is 0 Å². The number of carbonyl (C=O) groups is 6. The number of fused-ring (bicyclic) bond motifs is 6. The zero-order chi connectivity index (χ0) is 70.5. The van der Waals surface area contributed by atoms with E-state index in [9.17, 15) is 33.2 Å². The summed E-state index contributed by atoms with van der Waals surface area (Å²) in [6, 6.07) is 27.6. The summed E-state index contributed by atoms with van der Waals surface area (Å²) in [5, 5.41) is 8.48. The molecule has 8 aliphatic rings. The number of likely N-dealkylation sites (tertiary alicyclic amines) is 1. The molecule has 530 valence electrons. The standard InChI is InChI=1S/C16H23N3O2.C15H20N2O3.C11H14N2O2.C10H11FN2O2.C10H12N2O2.C9H12N4O/c17-14-6-4-12-3-5-13(11-15(12)18-16(14)20)21-10-9-19-7-1-2-8-19;16-13-6-4-10-3-5-11(8-14(10)17-15(13)18)20-9-12-2-1-7-19-12;1-2-13-9-5-3-4-6-10(9)15-7-8(12)11(13)14;1-13-8-4-6(11)2-3-9(8)15-5-7(12)10(13)14;11-7-5-6-14-9-4-2-1-3-8(9)12-10(7)13;1-13-8-4-11-5-12-7(8)3-2-6(10)9(13)14/h3,5,11,14H,1-2,4,6-10,17H2,(H,18,20);3,5,8,12-13H,1-2,4,6-7,9,16H2,(H,17,18);3-6,8H,2,7,12H2,1H3;2-4,7H,5,12H2,1H3;1-4,7H,5-6,11H2,(H,12,13);4-6H,2-3,10H2,1H3/t14-;12?,13-;8-;2*7-;6-/m000000/s1. The number of hydrogen-bond acceptors (Lipinski definition) is 21. The largest absolute Gasteiger partial charge is 0.492 e. The molecule has 0 aliphatic carbocycles. The van der Waals surface area contributed by atoms with E-state index in [-0.39, 0.29) is 54.8 Å². The van der Waals surface area contributed by atoms with Gasteiger partial charge in [0.05, 0.1) is 71.5 Å². The van der Waals surface area contributed by atoms with E-state index in [1.165, 1.54) is 60.3 Å². The first-order valence-corrected chi connectivity index (χ1v) is 33.6. The molecule has 8 aliphatic heterocycles. The summed E-state index contributed by atoms with van der Waals surface area (Å²) in [5.74, 6) is 2.24. The Balaban J connectivity index is 0.000000140. The summed E-state index contributed by atoms with van der Waals surface area (Å²) >= 11 is 0. The number of nitrogens with two attached hydrogens (primary N) is 6. The quantitative estimate of drug-likeness (QED) is 0.101. The van der Waals surface area contributed by atoms with Crippen molar-refractivity contribution in [2.75, 3.05) is 111 Å². The van der Waals surface area contributed by atoms with Gasteiger partial charge in [-0.25, -0.2) is 14.4 Å². The van der Waals surface area contributed by atoms with Gasteiger partial charge in [-0.1, -0.05) is 36.4 Å².